The molecule has 0 aliphatic heterocycles. The summed E-state index contributed by atoms with van der Waals surface area (Å²) in [6.45, 7) is 1.72. The molecule has 0 bridgehead atoms. The van der Waals surface area contributed by atoms with Crippen LogP contribution in [0.25, 0.3) is 0 Å². The molecule has 0 aliphatic rings. The molecule has 3 nitrogen and oxygen atoms in total. The van der Waals surface area contributed by atoms with Gasteiger partial charge in [0.1, 0.15) is 11.5 Å². The number of esters is 1. The summed E-state index contributed by atoms with van der Waals surface area (Å²) in [4.78, 5) is 11.6. The van der Waals surface area contributed by atoms with Crippen LogP contribution in [0.4, 0.5) is 13.2 Å². The van der Waals surface area contributed by atoms with Crippen molar-refractivity contribution in [3.8, 4) is 11.5 Å². The second-order valence-corrected chi connectivity index (χ2v) is 5.12. The Labute approximate surface area is 135 Å². The van der Waals surface area contributed by atoms with Gasteiger partial charge in [0.2, 0.25) is 0 Å². The van der Waals surface area contributed by atoms with Crippen LogP contribution in [0.3, 0.4) is 0 Å². The van der Waals surface area contributed by atoms with Crippen molar-refractivity contribution >= 4 is 17.6 Å². The van der Waals surface area contributed by atoms with E-state index in [4.69, 9.17) is 16.3 Å². The van der Waals surface area contributed by atoms with Gasteiger partial charge in [0.05, 0.1) is 23.3 Å². The van der Waals surface area contributed by atoms with E-state index in [9.17, 15) is 18.0 Å². The molecule has 0 amide bonds. The second-order valence-electron chi connectivity index (χ2n) is 4.71. The Balaban J connectivity index is 2.31. The maximum Gasteiger partial charge on any atom is 0.416 e. The summed E-state index contributed by atoms with van der Waals surface area (Å²) in [5.41, 5.74) is 0.116. The molecule has 122 valence electrons. The van der Waals surface area contributed by atoms with Crippen LogP contribution >= 0.6 is 11.6 Å². The highest BCUT2D eigenvalue weighted by Gasteiger charge is 2.31. The van der Waals surface area contributed by atoms with Crippen LogP contribution in [0.5, 0.6) is 11.5 Å². The molecule has 0 saturated carbocycles. The van der Waals surface area contributed by atoms with Crippen LogP contribution in [0, 0.1) is 6.92 Å². The van der Waals surface area contributed by atoms with Crippen LogP contribution in [-0.2, 0) is 10.9 Å². The van der Waals surface area contributed by atoms with Gasteiger partial charge in [-0.3, -0.25) is 0 Å². The molecule has 0 radical (unpaired) electrons. The van der Waals surface area contributed by atoms with Crippen molar-refractivity contribution in [2.75, 3.05) is 7.11 Å². The lowest BCUT2D eigenvalue weighted by Crippen LogP contribution is -2.05. The summed E-state index contributed by atoms with van der Waals surface area (Å²) >= 11 is 5.83. The summed E-state index contributed by atoms with van der Waals surface area (Å²) in [5.74, 6) is -0.219. The number of rotatable bonds is 3. The molecule has 0 heterocycles. The molecule has 2 aromatic carbocycles. The lowest BCUT2D eigenvalue weighted by molar-refractivity contribution is -0.137. The standard InChI is InChI=1S/C16H12ClF3O3/c1-9-3-5-11(8-12(9)15(21)22-2)23-14-6-4-10(7-13(14)17)16(18,19)20/h3-8H,1-2H3. The van der Waals surface area contributed by atoms with Crippen molar-refractivity contribution in [2.45, 2.75) is 13.1 Å². The Morgan fingerprint density at radius 2 is 1.83 bits per heavy atom. The topological polar surface area (TPSA) is 35.5 Å². The monoisotopic (exact) mass is 344 g/mol. The zero-order chi connectivity index (χ0) is 17.2. The number of hydrogen-bond acceptors (Lipinski definition) is 3. The van der Waals surface area contributed by atoms with E-state index in [1.807, 2.05) is 0 Å². The lowest BCUT2D eigenvalue weighted by Gasteiger charge is -2.12. The number of alkyl halides is 3. The molecule has 0 aliphatic carbocycles. The lowest BCUT2D eigenvalue weighted by atomic mass is 10.1. The molecule has 7 heteroatoms. The predicted molar refractivity (Wildman–Crippen MR) is 79.0 cm³/mol. The molecule has 0 fully saturated rings. The third kappa shape index (κ3) is 3.96. The molecule has 0 aromatic heterocycles. The zero-order valence-electron chi connectivity index (χ0n) is 12.2. The van der Waals surface area contributed by atoms with Crippen molar-refractivity contribution < 1.29 is 27.4 Å². The Morgan fingerprint density at radius 3 is 2.39 bits per heavy atom. The summed E-state index contributed by atoms with van der Waals surface area (Å²) in [5, 5.41) is -0.181. The fourth-order valence-corrected chi connectivity index (χ4v) is 2.10. The highest BCUT2D eigenvalue weighted by Crippen LogP contribution is 2.36. The average molecular weight is 345 g/mol. The summed E-state index contributed by atoms with van der Waals surface area (Å²) < 4.78 is 47.9. The van der Waals surface area contributed by atoms with Gasteiger partial charge in [-0.25, -0.2) is 4.79 Å². The van der Waals surface area contributed by atoms with Gasteiger partial charge in [0, 0.05) is 0 Å². The third-order valence-corrected chi connectivity index (χ3v) is 3.40. The highest BCUT2D eigenvalue weighted by atomic mass is 35.5. The number of methoxy groups -OCH3 is 1. The van der Waals surface area contributed by atoms with Crippen LogP contribution in [0.1, 0.15) is 21.5 Å². The third-order valence-electron chi connectivity index (χ3n) is 3.10. The first kappa shape index (κ1) is 17.1. The van der Waals surface area contributed by atoms with Crippen molar-refractivity contribution in [1.29, 1.82) is 0 Å². The number of hydrogen-bond donors (Lipinski definition) is 0. The Hall–Kier alpha value is -2.21. The van der Waals surface area contributed by atoms with Crippen molar-refractivity contribution in [3.63, 3.8) is 0 Å². The van der Waals surface area contributed by atoms with Crippen molar-refractivity contribution in [3.05, 3.63) is 58.1 Å². The minimum atomic E-state index is -4.48. The Morgan fingerprint density at radius 1 is 1.13 bits per heavy atom. The number of carbonyl (C=O) groups is 1. The maximum absolute atomic E-state index is 12.6. The Bertz CT molecular complexity index is 742. The number of halogens is 4. The number of carbonyl (C=O) groups excluding carboxylic acids is 1. The summed E-state index contributed by atoms with van der Waals surface area (Å²) in [7, 11) is 1.25. The zero-order valence-corrected chi connectivity index (χ0v) is 13.0. The van der Waals surface area contributed by atoms with Gasteiger partial charge in [-0.05, 0) is 42.8 Å². The minimum Gasteiger partial charge on any atom is -0.465 e. The van der Waals surface area contributed by atoms with Gasteiger partial charge in [-0.1, -0.05) is 17.7 Å². The van der Waals surface area contributed by atoms with Crippen molar-refractivity contribution in [2.24, 2.45) is 0 Å². The quantitative estimate of drug-likeness (QED) is 0.714. The SMILES string of the molecule is COC(=O)c1cc(Oc2ccc(C(F)(F)F)cc2Cl)ccc1C. The molecule has 0 spiro atoms. The van der Waals surface area contributed by atoms with Crippen molar-refractivity contribution in [1.82, 2.24) is 0 Å². The molecule has 23 heavy (non-hydrogen) atoms. The molecular formula is C16H12ClF3O3. The van der Waals surface area contributed by atoms with Gasteiger partial charge >= 0.3 is 12.1 Å². The van der Waals surface area contributed by atoms with E-state index < -0.39 is 17.7 Å². The van der Waals surface area contributed by atoms with E-state index in [1.54, 1.807) is 19.1 Å². The van der Waals surface area contributed by atoms with Crippen LogP contribution < -0.4 is 4.74 Å². The summed E-state index contributed by atoms with van der Waals surface area (Å²) in [6, 6.07) is 7.44. The first-order valence-corrected chi connectivity index (χ1v) is 6.83. The van der Waals surface area contributed by atoms with Crippen LogP contribution in [0.15, 0.2) is 36.4 Å². The van der Waals surface area contributed by atoms with Gasteiger partial charge in [0.15, 0.2) is 0 Å². The molecule has 2 rings (SSSR count). The molecule has 0 N–H and O–H groups in total. The number of aryl methyl sites for hydroxylation is 1. The van der Waals surface area contributed by atoms with E-state index in [2.05, 4.69) is 4.74 Å². The van der Waals surface area contributed by atoms with E-state index in [0.717, 1.165) is 18.2 Å². The number of ether oxygens (including phenoxy) is 2. The normalized spacial score (nSPS) is 11.2. The van der Waals surface area contributed by atoms with Crippen LogP contribution in [-0.4, -0.2) is 13.1 Å². The van der Waals surface area contributed by atoms with E-state index in [-0.39, 0.29) is 16.5 Å². The molecule has 2 aromatic rings. The van der Waals surface area contributed by atoms with E-state index in [1.165, 1.54) is 13.2 Å². The first-order valence-electron chi connectivity index (χ1n) is 6.46. The summed E-state index contributed by atoms with van der Waals surface area (Å²) in [6.07, 6.45) is -4.48. The smallest absolute Gasteiger partial charge is 0.416 e. The fourth-order valence-electron chi connectivity index (χ4n) is 1.88. The Kier molecular flexibility index (Phi) is 4.85. The molecule has 0 atom stereocenters. The number of benzene rings is 2. The van der Waals surface area contributed by atoms with Gasteiger partial charge in [0.25, 0.3) is 0 Å². The molecule has 0 saturated heterocycles. The average Bonchev–Trinajstić information content (AvgIpc) is 2.49. The highest BCUT2D eigenvalue weighted by molar-refractivity contribution is 6.32. The predicted octanol–water partition coefficient (Wildman–Crippen LogP) is 5.25. The minimum absolute atomic E-state index is 0.0549. The molecular weight excluding hydrogens is 333 g/mol. The van der Waals surface area contributed by atoms with Gasteiger partial charge in [-0.2, -0.15) is 13.2 Å². The second kappa shape index (κ2) is 6.50. The van der Waals surface area contributed by atoms with E-state index >= 15 is 0 Å². The largest absolute Gasteiger partial charge is 0.465 e. The first-order chi connectivity index (χ1) is 10.7. The van der Waals surface area contributed by atoms with Crippen LogP contribution in [0.2, 0.25) is 5.02 Å². The fraction of sp³-hybridized carbons (Fsp3) is 0.188. The maximum atomic E-state index is 12.6. The van der Waals surface area contributed by atoms with Gasteiger partial charge < -0.3 is 9.47 Å². The van der Waals surface area contributed by atoms with E-state index in [0.29, 0.717) is 11.1 Å². The van der Waals surface area contributed by atoms with Gasteiger partial charge in [-0.15, -0.1) is 0 Å². The molecule has 0 unspecified atom stereocenters.